The number of methoxy groups -OCH3 is 1. The number of carbonyl (C=O) groups is 2. The highest BCUT2D eigenvalue weighted by Gasteiger charge is 2.31. The Morgan fingerprint density at radius 2 is 1.88 bits per heavy atom. The van der Waals surface area contributed by atoms with E-state index in [1.165, 1.54) is 7.11 Å². The van der Waals surface area contributed by atoms with Gasteiger partial charge >= 0.3 is 12.1 Å². The van der Waals surface area contributed by atoms with Crippen LogP contribution in [0.5, 0.6) is 5.88 Å². The van der Waals surface area contributed by atoms with Crippen molar-refractivity contribution in [2.45, 2.75) is 52.7 Å². The molecular weight excluding hydrogens is 336 g/mol. The summed E-state index contributed by atoms with van der Waals surface area (Å²) in [6, 6.07) is 2.97. The highest BCUT2D eigenvalue weighted by Crippen LogP contribution is 2.21. The number of hydrogen-bond donors (Lipinski definition) is 3. The number of nitrogens with one attached hydrogen (secondary N) is 3. The lowest BCUT2D eigenvalue weighted by Crippen LogP contribution is -2.58. The Balaban J connectivity index is 2.73. The lowest BCUT2D eigenvalue weighted by atomic mass is 9.88. The maximum atomic E-state index is 12.4. The van der Waals surface area contributed by atoms with Crippen LogP contribution in [0.4, 0.5) is 15.3 Å². The Labute approximate surface area is 155 Å². The lowest BCUT2D eigenvalue weighted by Gasteiger charge is -2.35. The Hall–Kier alpha value is -2.51. The Bertz CT molecular complexity index is 628. The van der Waals surface area contributed by atoms with Crippen LogP contribution in [0.25, 0.3) is 0 Å². The zero-order valence-electron chi connectivity index (χ0n) is 16.6. The molecule has 1 aromatic rings. The Morgan fingerprint density at radius 1 is 1.23 bits per heavy atom. The molecule has 1 atom stereocenters. The van der Waals surface area contributed by atoms with E-state index >= 15 is 0 Å². The molecule has 1 rings (SSSR count). The average Bonchev–Trinajstić information content (AvgIpc) is 2.51. The van der Waals surface area contributed by atoms with E-state index in [9.17, 15) is 9.59 Å². The van der Waals surface area contributed by atoms with Gasteiger partial charge in [0, 0.05) is 12.7 Å². The topological polar surface area (TPSA) is 102 Å². The van der Waals surface area contributed by atoms with Gasteiger partial charge in [-0.05, 0) is 45.7 Å². The highest BCUT2D eigenvalue weighted by molar-refractivity contribution is 5.91. The van der Waals surface area contributed by atoms with Crippen molar-refractivity contribution in [1.82, 2.24) is 15.6 Å². The van der Waals surface area contributed by atoms with Crippen molar-refractivity contribution in [2.24, 2.45) is 5.92 Å². The summed E-state index contributed by atoms with van der Waals surface area (Å²) < 4.78 is 10.4. The minimum atomic E-state index is -0.684. The number of nitrogens with zero attached hydrogens (tertiary/aromatic N) is 1. The molecule has 3 N–H and O–H groups in total. The molecule has 8 heteroatoms. The zero-order valence-corrected chi connectivity index (χ0v) is 16.6. The quantitative estimate of drug-likeness (QED) is 0.718. The van der Waals surface area contributed by atoms with Crippen molar-refractivity contribution in [3.63, 3.8) is 0 Å². The third kappa shape index (κ3) is 6.78. The van der Waals surface area contributed by atoms with Crippen LogP contribution in [0.2, 0.25) is 0 Å². The van der Waals surface area contributed by atoms with Gasteiger partial charge in [-0.1, -0.05) is 13.8 Å². The number of rotatable bonds is 6. The molecule has 8 nitrogen and oxygen atoms in total. The summed E-state index contributed by atoms with van der Waals surface area (Å²) in [4.78, 5) is 28.4. The van der Waals surface area contributed by atoms with Gasteiger partial charge < -0.3 is 25.4 Å². The van der Waals surface area contributed by atoms with Gasteiger partial charge in [0.1, 0.15) is 11.3 Å². The summed E-state index contributed by atoms with van der Waals surface area (Å²) in [5.74, 6) is 0.375. The molecule has 0 fully saturated rings. The number of amides is 3. The molecule has 0 aliphatic carbocycles. The number of hydrogen-bond acceptors (Lipinski definition) is 5. The van der Waals surface area contributed by atoms with E-state index < -0.39 is 23.3 Å². The lowest BCUT2D eigenvalue weighted by molar-refractivity contribution is 0.0505. The molecule has 0 bridgehead atoms. The van der Waals surface area contributed by atoms with Gasteiger partial charge in [-0.2, -0.15) is 0 Å². The molecule has 0 aliphatic heterocycles. The Morgan fingerprint density at radius 3 is 2.42 bits per heavy atom. The first kappa shape index (κ1) is 21.5. The summed E-state index contributed by atoms with van der Waals surface area (Å²) in [5, 5.41) is 8.34. The van der Waals surface area contributed by atoms with E-state index in [-0.39, 0.29) is 12.5 Å². The molecule has 1 aromatic heterocycles. The van der Waals surface area contributed by atoms with Crippen LogP contribution in [0.15, 0.2) is 18.3 Å². The van der Waals surface area contributed by atoms with Crippen molar-refractivity contribution in [1.29, 1.82) is 0 Å². The highest BCUT2D eigenvalue weighted by atomic mass is 16.6. The van der Waals surface area contributed by atoms with Crippen LogP contribution in [0, 0.1) is 5.92 Å². The maximum Gasteiger partial charge on any atom is 0.407 e. The molecule has 146 valence electrons. The van der Waals surface area contributed by atoms with Crippen molar-refractivity contribution >= 4 is 17.8 Å². The predicted octanol–water partition coefficient (Wildman–Crippen LogP) is 3.15. The fraction of sp³-hybridized carbons (Fsp3) is 0.611. The van der Waals surface area contributed by atoms with Gasteiger partial charge in [-0.25, -0.2) is 14.6 Å². The monoisotopic (exact) mass is 366 g/mol. The van der Waals surface area contributed by atoms with E-state index in [4.69, 9.17) is 9.47 Å². The molecule has 0 radical (unpaired) electrons. The van der Waals surface area contributed by atoms with Gasteiger partial charge in [-0.15, -0.1) is 0 Å². The van der Waals surface area contributed by atoms with E-state index in [1.54, 1.807) is 39.1 Å². The first-order chi connectivity index (χ1) is 12.0. The standard InChI is InChI=1S/C18H30N4O4/c1-12(2)18(6,11-20-16(24)26-17(3,4)5)22-15(23)21-13-9-8-10-19-14(13)25-7/h8-10,12H,11H2,1-7H3,(H,20,24)(H2,21,22,23)/t18-/m0/s1. The molecule has 0 aromatic carbocycles. The zero-order chi connectivity index (χ0) is 20.0. The summed E-state index contributed by atoms with van der Waals surface area (Å²) in [5.41, 5.74) is -0.810. The number of carbonyl (C=O) groups excluding carboxylic acids is 2. The maximum absolute atomic E-state index is 12.4. The van der Waals surface area contributed by atoms with Gasteiger partial charge in [0.25, 0.3) is 0 Å². The predicted molar refractivity (Wildman–Crippen MR) is 100 cm³/mol. The van der Waals surface area contributed by atoms with Gasteiger partial charge in [0.15, 0.2) is 0 Å². The van der Waals surface area contributed by atoms with Crippen LogP contribution in [0.1, 0.15) is 41.5 Å². The molecule has 26 heavy (non-hydrogen) atoms. The van der Waals surface area contributed by atoms with Crippen LogP contribution < -0.4 is 20.7 Å². The molecular formula is C18H30N4O4. The molecule has 0 unspecified atom stereocenters. The van der Waals surface area contributed by atoms with Crippen molar-refractivity contribution in [2.75, 3.05) is 19.0 Å². The third-order valence-electron chi connectivity index (χ3n) is 3.88. The van der Waals surface area contributed by atoms with Crippen LogP contribution in [0.3, 0.4) is 0 Å². The minimum absolute atomic E-state index is 0.0546. The number of anilines is 1. The fourth-order valence-corrected chi connectivity index (χ4v) is 2.02. The van der Waals surface area contributed by atoms with Gasteiger partial charge in [-0.3, -0.25) is 0 Å². The molecule has 0 aliphatic rings. The molecule has 0 saturated carbocycles. The number of aromatic nitrogens is 1. The van der Waals surface area contributed by atoms with E-state index in [0.29, 0.717) is 11.6 Å². The van der Waals surface area contributed by atoms with Crippen LogP contribution >= 0.6 is 0 Å². The first-order valence-corrected chi connectivity index (χ1v) is 8.52. The number of pyridine rings is 1. The van der Waals surface area contributed by atoms with Crippen molar-refractivity contribution in [3.8, 4) is 5.88 Å². The summed E-state index contributed by atoms with van der Waals surface area (Å²) in [7, 11) is 1.48. The summed E-state index contributed by atoms with van der Waals surface area (Å²) in [6.07, 6.45) is 1.05. The first-order valence-electron chi connectivity index (χ1n) is 8.52. The van der Waals surface area contributed by atoms with Crippen molar-refractivity contribution < 1.29 is 19.1 Å². The van der Waals surface area contributed by atoms with Gasteiger partial charge in [0.2, 0.25) is 5.88 Å². The Kier molecular flexibility index (Phi) is 7.23. The molecule has 3 amide bonds. The molecule has 0 saturated heterocycles. The summed E-state index contributed by atoms with van der Waals surface area (Å²) in [6.45, 7) is 11.4. The third-order valence-corrected chi connectivity index (χ3v) is 3.88. The van der Waals surface area contributed by atoms with Gasteiger partial charge in [0.05, 0.1) is 12.6 Å². The van der Waals surface area contributed by atoms with E-state index in [0.717, 1.165) is 0 Å². The fourth-order valence-electron chi connectivity index (χ4n) is 2.02. The van der Waals surface area contributed by atoms with Crippen LogP contribution in [-0.2, 0) is 4.74 Å². The number of urea groups is 1. The number of ether oxygens (including phenoxy) is 2. The second kappa shape index (κ2) is 8.73. The smallest absolute Gasteiger partial charge is 0.407 e. The van der Waals surface area contributed by atoms with Crippen LogP contribution in [-0.4, -0.2) is 41.9 Å². The summed E-state index contributed by atoms with van der Waals surface area (Å²) >= 11 is 0. The average molecular weight is 366 g/mol. The van der Waals surface area contributed by atoms with E-state index in [1.807, 2.05) is 20.8 Å². The normalized spacial score (nSPS) is 13.5. The second-order valence-corrected chi connectivity index (χ2v) is 7.57. The minimum Gasteiger partial charge on any atom is -0.480 e. The van der Waals surface area contributed by atoms with E-state index in [2.05, 4.69) is 20.9 Å². The second-order valence-electron chi connectivity index (χ2n) is 7.57. The molecule has 0 spiro atoms. The number of alkyl carbamates (subject to hydrolysis) is 1. The SMILES string of the molecule is COc1ncccc1NC(=O)N[C@@](C)(CNC(=O)OC(C)(C)C)C(C)C. The van der Waals surface area contributed by atoms with Crippen molar-refractivity contribution in [3.05, 3.63) is 18.3 Å². The molecule has 1 heterocycles. The largest absolute Gasteiger partial charge is 0.480 e.